The van der Waals surface area contributed by atoms with E-state index in [0.717, 1.165) is 29.3 Å². The second-order valence-electron chi connectivity index (χ2n) is 4.96. The van der Waals surface area contributed by atoms with Crippen molar-refractivity contribution in [1.82, 2.24) is 9.97 Å². The Morgan fingerprint density at radius 2 is 1.90 bits per heavy atom. The average molecular weight is 287 g/mol. The van der Waals surface area contributed by atoms with Crippen LogP contribution in [0.3, 0.4) is 0 Å². The molecule has 0 bridgehead atoms. The zero-order valence-electron chi connectivity index (χ0n) is 12.0. The second kappa shape index (κ2) is 7.41. The quantitative estimate of drug-likeness (QED) is 0.654. The topological polar surface area (TPSA) is 51.8 Å². The van der Waals surface area contributed by atoms with E-state index in [1.54, 1.807) is 11.8 Å². The lowest BCUT2D eigenvalue weighted by Gasteiger charge is -2.08. The Balaban J connectivity index is 1.92. The van der Waals surface area contributed by atoms with Crippen LogP contribution in [0.25, 0.3) is 0 Å². The van der Waals surface area contributed by atoms with E-state index in [9.17, 15) is 0 Å². The molecule has 4 heteroatoms. The molecule has 0 radical (unpaired) electrons. The predicted octanol–water partition coefficient (Wildman–Crippen LogP) is 3.36. The molecule has 0 spiro atoms. The largest absolute Gasteiger partial charge is 0.327 e. The number of benzene rings is 1. The van der Waals surface area contributed by atoms with E-state index >= 15 is 0 Å². The van der Waals surface area contributed by atoms with Crippen molar-refractivity contribution in [2.45, 2.75) is 43.6 Å². The van der Waals surface area contributed by atoms with Gasteiger partial charge in [-0.25, -0.2) is 9.97 Å². The van der Waals surface area contributed by atoms with Crippen molar-refractivity contribution in [3.63, 3.8) is 0 Å². The summed E-state index contributed by atoms with van der Waals surface area (Å²) in [7, 11) is 0. The van der Waals surface area contributed by atoms with Crippen molar-refractivity contribution in [3.8, 4) is 0 Å². The Kier molecular flexibility index (Phi) is 5.56. The zero-order chi connectivity index (χ0) is 14.4. The Labute approximate surface area is 125 Å². The molecule has 106 valence electrons. The molecule has 20 heavy (non-hydrogen) atoms. The van der Waals surface area contributed by atoms with Gasteiger partial charge in [0.25, 0.3) is 0 Å². The standard InChI is InChI=1S/C16H21N3S/c1-3-15(17)8-13-9-18-16(19-10-13)20-11-14-7-5-4-6-12(14)2/h4-7,9-10,15H,3,8,11,17H2,1-2H3. The summed E-state index contributed by atoms with van der Waals surface area (Å²) in [6.07, 6.45) is 5.61. The summed E-state index contributed by atoms with van der Waals surface area (Å²) in [6, 6.07) is 8.61. The molecule has 0 aliphatic rings. The van der Waals surface area contributed by atoms with Gasteiger partial charge in [-0.1, -0.05) is 43.0 Å². The lowest BCUT2D eigenvalue weighted by Crippen LogP contribution is -2.21. The second-order valence-corrected chi connectivity index (χ2v) is 5.90. The molecule has 0 aliphatic carbocycles. The molecule has 1 atom stereocenters. The first kappa shape index (κ1) is 15.0. The van der Waals surface area contributed by atoms with Crippen LogP contribution in [-0.4, -0.2) is 16.0 Å². The van der Waals surface area contributed by atoms with Gasteiger partial charge in [-0.3, -0.25) is 0 Å². The molecule has 1 aromatic carbocycles. The molecule has 2 rings (SSSR count). The monoisotopic (exact) mass is 287 g/mol. The van der Waals surface area contributed by atoms with Crippen LogP contribution in [-0.2, 0) is 12.2 Å². The summed E-state index contributed by atoms with van der Waals surface area (Å²) in [6.45, 7) is 4.23. The third kappa shape index (κ3) is 4.32. The molecule has 1 heterocycles. The molecule has 3 nitrogen and oxygen atoms in total. The Hall–Kier alpha value is -1.39. The average Bonchev–Trinajstić information content (AvgIpc) is 2.48. The van der Waals surface area contributed by atoms with Crippen LogP contribution < -0.4 is 5.73 Å². The molecular weight excluding hydrogens is 266 g/mol. The van der Waals surface area contributed by atoms with E-state index in [0.29, 0.717) is 0 Å². The SMILES string of the molecule is CCC(N)Cc1cnc(SCc2ccccc2C)nc1. The number of nitrogens with zero attached hydrogens (tertiary/aromatic N) is 2. The van der Waals surface area contributed by atoms with Gasteiger partial charge in [-0.2, -0.15) is 0 Å². The lowest BCUT2D eigenvalue weighted by atomic mass is 10.1. The molecule has 0 aliphatic heterocycles. The maximum Gasteiger partial charge on any atom is 0.187 e. The first-order valence-corrected chi connectivity index (χ1v) is 7.91. The van der Waals surface area contributed by atoms with Gasteiger partial charge >= 0.3 is 0 Å². The summed E-state index contributed by atoms with van der Waals surface area (Å²) in [5.41, 5.74) is 9.69. The van der Waals surface area contributed by atoms with E-state index in [4.69, 9.17) is 5.73 Å². The molecule has 0 fully saturated rings. The highest BCUT2D eigenvalue weighted by Gasteiger charge is 2.04. The normalized spacial score (nSPS) is 12.3. The number of hydrogen-bond acceptors (Lipinski definition) is 4. The van der Waals surface area contributed by atoms with Crippen molar-refractivity contribution in [1.29, 1.82) is 0 Å². The van der Waals surface area contributed by atoms with Gasteiger partial charge in [-0.05, 0) is 36.5 Å². The third-order valence-electron chi connectivity index (χ3n) is 3.32. The molecule has 0 saturated carbocycles. The molecule has 0 amide bonds. The number of aryl methyl sites for hydroxylation is 1. The number of thioether (sulfide) groups is 1. The minimum absolute atomic E-state index is 0.198. The highest BCUT2D eigenvalue weighted by molar-refractivity contribution is 7.98. The first-order valence-electron chi connectivity index (χ1n) is 6.93. The zero-order valence-corrected chi connectivity index (χ0v) is 12.9. The summed E-state index contributed by atoms with van der Waals surface area (Å²) in [5.74, 6) is 0.903. The number of rotatable bonds is 6. The molecular formula is C16H21N3S. The van der Waals surface area contributed by atoms with Gasteiger partial charge in [0.1, 0.15) is 0 Å². The predicted molar refractivity (Wildman–Crippen MR) is 84.7 cm³/mol. The molecule has 1 aromatic heterocycles. The minimum Gasteiger partial charge on any atom is -0.327 e. The highest BCUT2D eigenvalue weighted by atomic mass is 32.2. The Bertz CT molecular complexity index is 540. The lowest BCUT2D eigenvalue weighted by molar-refractivity contribution is 0.641. The van der Waals surface area contributed by atoms with Crippen LogP contribution >= 0.6 is 11.8 Å². The maximum absolute atomic E-state index is 5.93. The van der Waals surface area contributed by atoms with E-state index in [1.165, 1.54) is 11.1 Å². The van der Waals surface area contributed by atoms with Crippen LogP contribution in [0.5, 0.6) is 0 Å². The number of aromatic nitrogens is 2. The van der Waals surface area contributed by atoms with Crippen molar-refractivity contribution in [2.24, 2.45) is 5.73 Å². The van der Waals surface area contributed by atoms with Crippen molar-refractivity contribution >= 4 is 11.8 Å². The fourth-order valence-electron chi connectivity index (χ4n) is 1.88. The summed E-state index contributed by atoms with van der Waals surface area (Å²) in [4.78, 5) is 8.81. The first-order chi connectivity index (χ1) is 9.69. The molecule has 2 N–H and O–H groups in total. The van der Waals surface area contributed by atoms with Gasteiger partial charge in [-0.15, -0.1) is 0 Å². The molecule has 1 unspecified atom stereocenters. The van der Waals surface area contributed by atoms with Gasteiger partial charge in [0.15, 0.2) is 5.16 Å². The fraction of sp³-hybridized carbons (Fsp3) is 0.375. The minimum atomic E-state index is 0.198. The van der Waals surface area contributed by atoms with Gasteiger partial charge in [0.05, 0.1) is 0 Å². The van der Waals surface area contributed by atoms with E-state index < -0.39 is 0 Å². The van der Waals surface area contributed by atoms with Gasteiger partial charge in [0.2, 0.25) is 0 Å². The van der Waals surface area contributed by atoms with Crippen LogP contribution in [0.2, 0.25) is 0 Å². The van der Waals surface area contributed by atoms with Gasteiger partial charge < -0.3 is 5.73 Å². The number of nitrogens with two attached hydrogens (primary N) is 1. The summed E-state index contributed by atoms with van der Waals surface area (Å²) in [5, 5.41) is 0.821. The van der Waals surface area contributed by atoms with Crippen LogP contribution in [0, 0.1) is 6.92 Å². The smallest absolute Gasteiger partial charge is 0.187 e. The highest BCUT2D eigenvalue weighted by Crippen LogP contribution is 2.21. The third-order valence-corrected chi connectivity index (χ3v) is 4.25. The van der Waals surface area contributed by atoms with Crippen LogP contribution in [0.1, 0.15) is 30.0 Å². The summed E-state index contributed by atoms with van der Waals surface area (Å²) < 4.78 is 0. The molecule has 2 aromatic rings. The number of hydrogen-bond donors (Lipinski definition) is 1. The van der Waals surface area contributed by atoms with E-state index in [1.807, 2.05) is 12.4 Å². The van der Waals surface area contributed by atoms with E-state index in [-0.39, 0.29) is 6.04 Å². The van der Waals surface area contributed by atoms with E-state index in [2.05, 4.69) is 48.1 Å². The maximum atomic E-state index is 5.93. The molecule has 0 saturated heterocycles. The summed E-state index contributed by atoms with van der Waals surface area (Å²) >= 11 is 1.67. The van der Waals surface area contributed by atoms with Gasteiger partial charge in [0, 0.05) is 24.2 Å². The van der Waals surface area contributed by atoms with Crippen molar-refractivity contribution < 1.29 is 0 Å². The Morgan fingerprint density at radius 3 is 2.55 bits per heavy atom. The van der Waals surface area contributed by atoms with Crippen molar-refractivity contribution in [2.75, 3.05) is 0 Å². The van der Waals surface area contributed by atoms with Crippen molar-refractivity contribution in [3.05, 3.63) is 53.3 Å². The fourth-order valence-corrected chi connectivity index (χ4v) is 2.75. The van der Waals surface area contributed by atoms with Crippen LogP contribution in [0.4, 0.5) is 0 Å². The Morgan fingerprint density at radius 1 is 1.20 bits per heavy atom. The van der Waals surface area contributed by atoms with Crippen LogP contribution in [0.15, 0.2) is 41.8 Å².